The van der Waals surface area contributed by atoms with Crippen molar-refractivity contribution in [1.29, 1.82) is 0 Å². The van der Waals surface area contributed by atoms with Crippen LogP contribution < -0.4 is 15.1 Å². The molecule has 0 saturated carbocycles. The summed E-state index contributed by atoms with van der Waals surface area (Å²) in [4.78, 5) is 30.3. The molecule has 1 atom stereocenters. The second-order valence-electron chi connectivity index (χ2n) is 7.18. The Bertz CT molecular complexity index is 771. The van der Waals surface area contributed by atoms with Gasteiger partial charge in [0.15, 0.2) is 0 Å². The van der Waals surface area contributed by atoms with E-state index in [0.29, 0.717) is 30.3 Å². The number of piperidine rings is 1. The van der Waals surface area contributed by atoms with Gasteiger partial charge in [-0.25, -0.2) is 15.8 Å². The predicted octanol–water partition coefficient (Wildman–Crippen LogP) is 2.81. The standard InChI is InChI=1S/C20H25FN4O3/c1-3-19(26)23-12-16-13-25(20(27)28-16)15-4-5-18(17(21)10-15)24-8-6-14(7-9-24)11-22-2/h4-5,10,14,16H,3,6-9,11-13H2,1H3,(H,23,26)/t16-/m0/s1. The van der Waals surface area contributed by atoms with Crippen LogP contribution >= 0.6 is 0 Å². The second-order valence-corrected chi connectivity index (χ2v) is 7.18. The van der Waals surface area contributed by atoms with Crippen LogP contribution in [-0.4, -0.2) is 50.8 Å². The third-order valence-electron chi connectivity index (χ3n) is 5.27. The molecule has 0 radical (unpaired) electrons. The van der Waals surface area contributed by atoms with Crippen LogP contribution in [0, 0.1) is 18.3 Å². The fraction of sp³-hybridized carbons (Fsp3) is 0.550. The third kappa shape index (κ3) is 4.53. The first-order valence-electron chi connectivity index (χ1n) is 9.64. The number of halogens is 1. The fourth-order valence-electron chi connectivity index (χ4n) is 3.60. The van der Waals surface area contributed by atoms with Gasteiger partial charge in [0.1, 0.15) is 11.9 Å². The second kappa shape index (κ2) is 8.91. The van der Waals surface area contributed by atoms with Crippen molar-refractivity contribution in [3.05, 3.63) is 35.4 Å². The number of anilines is 2. The molecule has 2 aliphatic heterocycles. The smallest absolute Gasteiger partial charge is 0.414 e. The molecule has 0 aliphatic carbocycles. The van der Waals surface area contributed by atoms with Crippen LogP contribution in [0.2, 0.25) is 0 Å². The van der Waals surface area contributed by atoms with Gasteiger partial charge >= 0.3 is 6.09 Å². The van der Waals surface area contributed by atoms with Crippen LogP contribution in [0.5, 0.6) is 0 Å². The minimum Gasteiger partial charge on any atom is -0.442 e. The average molecular weight is 388 g/mol. The lowest BCUT2D eigenvalue weighted by Gasteiger charge is -2.32. The number of nitrogens with zero attached hydrogens (tertiary/aromatic N) is 3. The molecule has 2 amide bonds. The summed E-state index contributed by atoms with van der Waals surface area (Å²) < 4.78 is 20.0. The van der Waals surface area contributed by atoms with E-state index in [-0.39, 0.29) is 24.8 Å². The molecular weight excluding hydrogens is 363 g/mol. The molecule has 1 aromatic rings. The van der Waals surface area contributed by atoms with Gasteiger partial charge in [0.25, 0.3) is 0 Å². The number of rotatable bonds is 6. The molecular formula is C20H25FN4O3. The number of carbonyl (C=O) groups is 2. The van der Waals surface area contributed by atoms with E-state index in [4.69, 9.17) is 11.3 Å². The minimum absolute atomic E-state index is 0.106. The molecule has 2 aliphatic rings. The highest BCUT2D eigenvalue weighted by atomic mass is 19.1. The molecule has 1 N–H and O–H groups in total. The highest BCUT2D eigenvalue weighted by molar-refractivity contribution is 5.90. The van der Waals surface area contributed by atoms with Crippen LogP contribution in [-0.2, 0) is 9.53 Å². The van der Waals surface area contributed by atoms with E-state index in [1.165, 1.54) is 11.0 Å². The summed E-state index contributed by atoms with van der Waals surface area (Å²) in [5.41, 5.74) is 0.961. The Labute approximate surface area is 164 Å². The highest BCUT2D eigenvalue weighted by Crippen LogP contribution is 2.30. The largest absolute Gasteiger partial charge is 0.442 e. The summed E-state index contributed by atoms with van der Waals surface area (Å²) in [5.74, 6) is -0.0951. The monoisotopic (exact) mass is 388 g/mol. The lowest BCUT2D eigenvalue weighted by molar-refractivity contribution is -0.121. The number of carbonyl (C=O) groups excluding carboxylic acids is 2. The zero-order valence-corrected chi connectivity index (χ0v) is 16.0. The van der Waals surface area contributed by atoms with E-state index < -0.39 is 12.2 Å². The van der Waals surface area contributed by atoms with E-state index in [0.717, 1.165) is 25.9 Å². The van der Waals surface area contributed by atoms with Gasteiger partial charge in [-0.15, -0.1) is 0 Å². The van der Waals surface area contributed by atoms with E-state index in [1.54, 1.807) is 19.1 Å². The molecule has 28 heavy (non-hydrogen) atoms. The maximum absolute atomic E-state index is 14.7. The van der Waals surface area contributed by atoms with Crippen LogP contribution in [0.1, 0.15) is 26.2 Å². The van der Waals surface area contributed by atoms with Crippen LogP contribution in [0.3, 0.4) is 0 Å². The Morgan fingerprint density at radius 2 is 2.14 bits per heavy atom. The number of nitrogens with one attached hydrogen (secondary N) is 1. The van der Waals surface area contributed by atoms with Gasteiger partial charge in [-0.3, -0.25) is 9.69 Å². The average Bonchev–Trinajstić information content (AvgIpc) is 3.07. The van der Waals surface area contributed by atoms with Gasteiger partial charge in [-0.2, -0.15) is 0 Å². The van der Waals surface area contributed by atoms with Gasteiger partial charge < -0.3 is 19.8 Å². The summed E-state index contributed by atoms with van der Waals surface area (Å²) in [7, 11) is 0. The summed E-state index contributed by atoms with van der Waals surface area (Å²) in [6.07, 6.45) is 1.14. The van der Waals surface area contributed by atoms with Crippen LogP contribution in [0.4, 0.5) is 20.6 Å². The fourth-order valence-corrected chi connectivity index (χ4v) is 3.60. The number of amides is 2. The maximum Gasteiger partial charge on any atom is 0.414 e. The minimum atomic E-state index is -0.539. The maximum atomic E-state index is 14.7. The number of cyclic esters (lactones) is 1. The van der Waals surface area contributed by atoms with Crippen molar-refractivity contribution in [2.24, 2.45) is 5.92 Å². The first-order valence-corrected chi connectivity index (χ1v) is 9.64. The zero-order chi connectivity index (χ0) is 20.1. The van der Waals surface area contributed by atoms with Crippen molar-refractivity contribution in [2.45, 2.75) is 32.3 Å². The van der Waals surface area contributed by atoms with Crippen molar-refractivity contribution >= 4 is 23.4 Å². The molecule has 0 bridgehead atoms. The first kappa shape index (κ1) is 19.9. The Morgan fingerprint density at radius 3 is 2.79 bits per heavy atom. The van der Waals surface area contributed by atoms with E-state index in [2.05, 4.69) is 10.2 Å². The van der Waals surface area contributed by atoms with Crippen LogP contribution in [0.25, 0.3) is 4.85 Å². The third-order valence-corrected chi connectivity index (χ3v) is 5.27. The van der Waals surface area contributed by atoms with Crippen molar-refractivity contribution < 1.29 is 18.7 Å². The molecule has 7 nitrogen and oxygen atoms in total. The van der Waals surface area contributed by atoms with Gasteiger partial charge in [0.2, 0.25) is 12.5 Å². The molecule has 3 rings (SSSR count). The molecule has 2 heterocycles. The highest BCUT2D eigenvalue weighted by Gasteiger charge is 2.33. The number of hydrogen-bond acceptors (Lipinski definition) is 4. The van der Waals surface area contributed by atoms with Crippen molar-refractivity contribution in [2.75, 3.05) is 42.5 Å². The van der Waals surface area contributed by atoms with Crippen molar-refractivity contribution in [3.63, 3.8) is 0 Å². The summed E-state index contributed by atoms with van der Waals surface area (Å²) in [6.45, 7) is 11.2. The molecule has 0 unspecified atom stereocenters. The molecule has 150 valence electrons. The van der Waals surface area contributed by atoms with E-state index in [1.807, 2.05) is 4.90 Å². The van der Waals surface area contributed by atoms with Gasteiger partial charge in [0, 0.05) is 25.4 Å². The summed E-state index contributed by atoms with van der Waals surface area (Å²) in [6, 6.07) is 4.77. The number of hydrogen-bond donors (Lipinski definition) is 1. The number of benzene rings is 1. The lowest BCUT2D eigenvalue weighted by atomic mass is 9.96. The zero-order valence-electron chi connectivity index (χ0n) is 16.0. The lowest BCUT2D eigenvalue weighted by Crippen LogP contribution is -2.35. The predicted molar refractivity (Wildman–Crippen MR) is 104 cm³/mol. The topological polar surface area (TPSA) is 66.2 Å². The quantitative estimate of drug-likeness (QED) is 0.761. The Hall–Kier alpha value is -2.82. The SMILES string of the molecule is [C-]#[N+]CC1CCN(c2ccc(N3C[C@H](CNC(=O)CC)OC3=O)cc2F)CC1. The normalized spacial score (nSPS) is 20.0. The Kier molecular flexibility index (Phi) is 6.34. The van der Waals surface area contributed by atoms with Gasteiger partial charge in [-0.05, 0) is 31.0 Å². The molecule has 1 aromatic carbocycles. The van der Waals surface area contributed by atoms with E-state index >= 15 is 0 Å². The summed E-state index contributed by atoms with van der Waals surface area (Å²) in [5, 5.41) is 2.70. The van der Waals surface area contributed by atoms with Crippen molar-refractivity contribution in [1.82, 2.24) is 5.32 Å². The van der Waals surface area contributed by atoms with Gasteiger partial charge in [-0.1, -0.05) is 6.92 Å². The molecule has 2 fully saturated rings. The van der Waals surface area contributed by atoms with E-state index in [9.17, 15) is 14.0 Å². The van der Waals surface area contributed by atoms with Crippen molar-refractivity contribution in [3.8, 4) is 0 Å². The summed E-state index contributed by atoms with van der Waals surface area (Å²) >= 11 is 0. The molecule has 0 spiro atoms. The Balaban J connectivity index is 1.62. The molecule has 0 aromatic heterocycles. The van der Waals surface area contributed by atoms with Crippen LogP contribution in [0.15, 0.2) is 18.2 Å². The number of ether oxygens (including phenoxy) is 1. The Morgan fingerprint density at radius 1 is 1.39 bits per heavy atom. The molecule has 2 saturated heterocycles. The molecule has 8 heteroatoms. The van der Waals surface area contributed by atoms with Gasteiger partial charge in [0.05, 0.1) is 24.5 Å². The first-order chi connectivity index (χ1) is 13.5.